The summed E-state index contributed by atoms with van der Waals surface area (Å²) in [7, 11) is 0. The van der Waals surface area contributed by atoms with Crippen molar-refractivity contribution in [3.8, 4) is 0 Å². The molecule has 2 rings (SSSR count). The molecular formula is C18H29ClN2O. The molecule has 0 saturated carbocycles. The Morgan fingerprint density at radius 3 is 2.45 bits per heavy atom. The van der Waals surface area contributed by atoms with E-state index in [1.807, 2.05) is 42.2 Å². The van der Waals surface area contributed by atoms with E-state index in [0.29, 0.717) is 5.41 Å². The minimum absolute atomic E-state index is 0. The Balaban J connectivity index is 0.00000242. The average molecular weight is 325 g/mol. The van der Waals surface area contributed by atoms with E-state index < -0.39 is 0 Å². The van der Waals surface area contributed by atoms with Crippen LogP contribution in [-0.2, 0) is 4.79 Å². The second-order valence-electron chi connectivity index (χ2n) is 7.07. The average Bonchev–Trinajstić information content (AvgIpc) is 2.66. The molecule has 1 amide bonds. The molecule has 1 aromatic rings. The van der Waals surface area contributed by atoms with Gasteiger partial charge in [-0.2, -0.15) is 0 Å². The minimum atomic E-state index is -0.227. The van der Waals surface area contributed by atoms with E-state index in [9.17, 15) is 4.79 Å². The van der Waals surface area contributed by atoms with Crippen LogP contribution >= 0.6 is 12.4 Å². The van der Waals surface area contributed by atoms with Gasteiger partial charge in [-0.15, -0.1) is 12.4 Å². The van der Waals surface area contributed by atoms with E-state index in [-0.39, 0.29) is 30.3 Å². The number of benzene rings is 1. The lowest BCUT2D eigenvalue weighted by molar-refractivity contribution is -0.135. The zero-order valence-electron chi connectivity index (χ0n) is 13.9. The molecule has 0 aliphatic carbocycles. The summed E-state index contributed by atoms with van der Waals surface area (Å²) in [6, 6.07) is 9.69. The highest BCUT2D eigenvalue weighted by Crippen LogP contribution is 2.31. The van der Waals surface area contributed by atoms with Gasteiger partial charge in [-0.1, -0.05) is 51.1 Å². The number of nitrogens with two attached hydrogens (primary N) is 1. The van der Waals surface area contributed by atoms with Crippen LogP contribution in [0.25, 0.3) is 0 Å². The van der Waals surface area contributed by atoms with Gasteiger partial charge in [-0.3, -0.25) is 4.79 Å². The molecule has 1 fully saturated rings. The standard InChI is InChI=1S/C18H28N2O.ClH/c1-14(16(19)15-8-5-4-6-9-15)17(21)20-12-7-10-18(2,3)11-13-20;/h4-6,8-9,14,16H,7,10-13,19H2,1-3H3;1H. The highest BCUT2D eigenvalue weighted by atomic mass is 35.5. The molecule has 0 aromatic heterocycles. The SMILES string of the molecule is CC(C(=O)N1CCCC(C)(C)CC1)C(N)c1ccccc1.Cl. The first kappa shape index (κ1) is 19.0. The van der Waals surface area contributed by atoms with Crippen LogP contribution in [0.5, 0.6) is 0 Å². The van der Waals surface area contributed by atoms with Gasteiger partial charge in [0.25, 0.3) is 0 Å². The lowest BCUT2D eigenvalue weighted by Crippen LogP contribution is -2.40. The molecule has 4 heteroatoms. The zero-order valence-corrected chi connectivity index (χ0v) is 14.7. The van der Waals surface area contributed by atoms with Crippen LogP contribution in [0.2, 0.25) is 0 Å². The molecular weight excluding hydrogens is 296 g/mol. The molecule has 1 saturated heterocycles. The molecule has 1 heterocycles. The van der Waals surface area contributed by atoms with Crippen LogP contribution in [0.3, 0.4) is 0 Å². The Morgan fingerprint density at radius 2 is 1.82 bits per heavy atom. The molecule has 3 nitrogen and oxygen atoms in total. The van der Waals surface area contributed by atoms with Crippen LogP contribution in [0.4, 0.5) is 0 Å². The quantitative estimate of drug-likeness (QED) is 0.919. The maximum Gasteiger partial charge on any atom is 0.227 e. The summed E-state index contributed by atoms with van der Waals surface area (Å²) in [4.78, 5) is 14.7. The molecule has 124 valence electrons. The number of rotatable bonds is 3. The van der Waals surface area contributed by atoms with Crippen molar-refractivity contribution in [3.63, 3.8) is 0 Å². The van der Waals surface area contributed by atoms with Gasteiger partial charge in [0.15, 0.2) is 0 Å². The van der Waals surface area contributed by atoms with Crippen molar-refractivity contribution >= 4 is 18.3 Å². The summed E-state index contributed by atoms with van der Waals surface area (Å²) in [6.07, 6.45) is 3.36. The topological polar surface area (TPSA) is 46.3 Å². The van der Waals surface area contributed by atoms with Gasteiger partial charge in [-0.05, 0) is 30.2 Å². The predicted octanol–water partition coefficient (Wildman–Crippen LogP) is 3.78. The maximum absolute atomic E-state index is 12.7. The fourth-order valence-electron chi connectivity index (χ4n) is 3.05. The summed E-state index contributed by atoms with van der Waals surface area (Å²) in [6.45, 7) is 8.27. The minimum Gasteiger partial charge on any atom is -0.342 e. The first-order valence-electron chi connectivity index (χ1n) is 8.00. The van der Waals surface area contributed by atoms with Crippen molar-refractivity contribution in [1.82, 2.24) is 4.90 Å². The number of hydrogen-bond acceptors (Lipinski definition) is 2. The zero-order chi connectivity index (χ0) is 15.5. The number of amides is 1. The number of carbonyl (C=O) groups excluding carboxylic acids is 1. The van der Waals surface area contributed by atoms with Crippen molar-refractivity contribution in [2.75, 3.05) is 13.1 Å². The second kappa shape index (κ2) is 7.98. The molecule has 1 aliphatic heterocycles. The first-order chi connectivity index (χ1) is 9.91. The van der Waals surface area contributed by atoms with E-state index in [0.717, 1.165) is 31.5 Å². The van der Waals surface area contributed by atoms with Gasteiger partial charge in [0.1, 0.15) is 0 Å². The monoisotopic (exact) mass is 324 g/mol. The van der Waals surface area contributed by atoms with E-state index in [1.165, 1.54) is 6.42 Å². The van der Waals surface area contributed by atoms with Gasteiger partial charge in [0.05, 0.1) is 5.92 Å². The summed E-state index contributed by atoms with van der Waals surface area (Å²) in [5.41, 5.74) is 7.67. The Bertz CT molecular complexity index is 475. The van der Waals surface area contributed by atoms with Crippen molar-refractivity contribution < 1.29 is 4.79 Å². The lowest BCUT2D eigenvalue weighted by atomic mass is 9.85. The number of hydrogen-bond donors (Lipinski definition) is 1. The van der Waals surface area contributed by atoms with Gasteiger partial charge >= 0.3 is 0 Å². The van der Waals surface area contributed by atoms with Gasteiger partial charge < -0.3 is 10.6 Å². The number of nitrogens with zero attached hydrogens (tertiary/aromatic N) is 1. The predicted molar refractivity (Wildman–Crippen MR) is 94.0 cm³/mol. The number of halogens is 1. The van der Waals surface area contributed by atoms with Gasteiger partial charge in [0.2, 0.25) is 5.91 Å². The van der Waals surface area contributed by atoms with Crippen molar-refractivity contribution in [2.24, 2.45) is 17.1 Å². The normalized spacial score (nSPS) is 20.5. The summed E-state index contributed by atoms with van der Waals surface area (Å²) >= 11 is 0. The van der Waals surface area contributed by atoms with Gasteiger partial charge in [-0.25, -0.2) is 0 Å². The Hall–Kier alpha value is -1.06. The van der Waals surface area contributed by atoms with Crippen molar-refractivity contribution in [2.45, 2.75) is 46.1 Å². The molecule has 2 atom stereocenters. The highest BCUT2D eigenvalue weighted by Gasteiger charge is 2.30. The molecule has 1 aliphatic rings. The summed E-state index contributed by atoms with van der Waals surface area (Å²) in [5.74, 6) is 0.0256. The fraction of sp³-hybridized carbons (Fsp3) is 0.611. The van der Waals surface area contributed by atoms with Crippen LogP contribution < -0.4 is 5.73 Å². The first-order valence-corrected chi connectivity index (χ1v) is 8.00. The fourth-order valence-corrected chi connectivity index (χ4v) is 3.05. The maximum atomic E-state index is 12.7. The van der Waals surface area contributed by atoms with Crippen LogP contribution in [0.1, 0.15) is 51.6 Å². The molecule has 1 aromatic carbocycles. The lowest BCUT2D eigenvalue weighted by Gasteiger charge is -2.28. The third-order valence-corrected chi connectivity index (χ3v) is 4.76. The molecule has 22 heavy (non-hydrogen) atoms. The van der Waals surface area contributed by atoms with Crippen LogP contribution in [0, 0.1) is 11.3 Å². The van der Waals surface area contributed by atoms with Gasteiger partial charge in [0, 0.05) is 19.1 Å². The number of likely N-dealkylation sites (tertiary alicyclic amines) is 1. The molecule has 0 radical (unpaired) electrons. The Morgan fingerprint density at radius 1 is 1.18 bits per heavy atom. The largest absolute Gasteiger partial charge is 0.342 e. The third-order valence-electron chi connectivity index (χ3n) is 4.76. The van der Waals surface area contributed by atoms with Crippen molar-refractivity contribution in [3.05, 3.63) is 35.9 Å². The number of carbonyl (C=O) groups is 1. The Kier molecular flexibility index (Phi) is 6.89. The smallest absolute Gasteiger partial charge is 0.227 e. The molecule has 2 unspecified atom stereocenters. The van der Waals surface area contributed by atoms with E-state index >= 15 is 0 Å². The van der Waals surface area contributed by atoms with Crippen molar-refractivity contribution in [1.29, 1.82) is 0 Å². The molecule has 0 bridgehead atoms. The van der Waals surface area contributed by atoms with Crippen LogP contribution in [-0.4, -0.2) is 23.9 Å². The van der Waals surface area contributed by atoms with E-state index in [2.05, 4.69) is 13.8 Å². The highest BCUT2D eigenvalue weighted by molar-refractivity contribution is 5.85. The third kappa shape index (κ3) is 4.72. The van der Waals surface area contributed by atoms with E-state index in [4.69, 9.17) is 5.73 Å². The molecule has 2 N–H and O–H groups in total. The summed E-state index contributed by atoms with van der Waals surface area (Å²) in [5, 5.41) is 0. The molecule has 0 spiro atoms. The summed E-state index contributed by atoms with van der Waals surface area (Å²) < 4.78 is 0. The Labute approximate surface area is 140 Å². The van der Waals surface area contributed by atoms with Crippen LogP contribution in [0.15, 0.2) is 30.3 Å². The second-order valence-corrected chi connectivity index (χ2v) is 7.07. The van der Waals surface area contributed by atoms with E-state index in [1.54, 1.807) is 0 Å².